The molecule has 0 aromatic heterocycles. The van der Waals surface area contributed by atoms with E-state index >= 15 is 0 Å². The minimum Gasteiger partial charge on any atom is -0.494 e. The van der Waals surface area contributed by atoms with Crippen molar-refractivity contribution in [1.82, 2.24) is 5.32 Å². The summed E-state index contributed by atoms with van der Waals surface area (Å²) in [5.41, 5.74) is -1.38. The zero-order valence-electron chi connectivity index (χ0n) is 9.35. The summed E-state index contributed by atoms with van der Waals surface area (Å²) in [6, 6.07) is 3.81. The predicted octanol–water partition coefficient (Wildman–Crippen LogP) is 2.53. The molecule has 0 radical (unpaired) electrons. The molecule has 0 fully saturated rings. The largest absolute Gasteiger partial charge is 0.494 e. The van der Waals surface area contributed by atoms with Crippen molar-refractivity contribution in [2.75, 3.05) is 14.2 Å². The SMILES string of the molecule is CNC(C)(c1ccc(OC)c(F)c1)C(F)F. The van der Waals surface area contributed by atoms with Crippen LogP contribution in [0.25, 0.3) is 0 Å². The number of rotatable bonds is 4. The van der Waals surface area contributed by atoms with Gasteiger partial charge >= 0.3 is 0 Å². The van der Waals surface area contributed by atoms with E-state index < -0.39 is 17.8 Å². The van der Waals surface area contributed by atoms with Crippen LogP contribution in [-0.4, -0.2) is 20.6 Å². The topological polar surface area (TPSA) is 21.3 Å². The Morgan fingerprint density at radius 1 is 1.38 bits per heavy atom. The molecule has 0 saturated heterocycles. The van der Waals surface area contributed by atoms with E-state index in [1.54, 1.807) is 0 Å². The summed E-state index contributed by atoms with van der Waals surface area (Å²) in [4.78, 5) is 0. The van der Waals surface area contributed by atoms with Gasteiger partial charge in [0.25, 0.3) is 6.43 Å². The van der Waals surface area contributed by atoms with Crippen molar-refractivity contribution in [3.05, 3.63) is 29.6 Å². The van der Waals surface area contributed by atoms with Crippen LogP contribution < -0.4 is 10.1 Å². The average Bonchev–Trinajstić information content (AvgIpc) is 2.27. The highest BCUT2D eigenvalue weighted by atomic mass is 19.3. The van der Waals surface area contributed by atoms with Crippen molar-refractivity contribution in [2.45, 2.75) is 18.9 Å². The van der Waals surface area contributed by atoms with Gasteiger partial charge in [0.1, 0.15) is 5.54 Å². The van der Waals surface area contributed by atoms with E-state index in [4.69, 9.17) is 4.74 Å². The first-order valence-corrected chi connectivity index (χ1v) is 4.76. The van der Waals surface area contributed by atoms with Crippen LogP contribution in [0.5, 0.6) is 5.75 Å². The summed E-state index contributed by atoms with van der Waals surface area (Å²) in [7, 11) is 2.73. The summed E-state index contributed by atoms with van der Waals surface area (Å²) in [5, 5.41) is 2.50. The Labute approximate surface area is 92.4 Å². The molecule has 90 valence electrons. The molecule has 0 heterocycles. The molecule has 0 bridgehead atoms. The molecular formula is C11H14F3NO. The van der Waals surface area contributed by atoms with Crippen LogP contribution in [0.1, 0.15) is 12.5 Å². The molecule has 5 heteroatoms. The summed E-state index contributed by atoms with van der Waals surface area (Å²) in [6.45, 7) is 1.32. The second-order valence-electron chi connectivity index (χ2n) is 3.60. The summed E-state index contributed by atoms with van der Waals surface area (Å²) in [5.74, 6) is -0.612. The highest BCUT2D eigenvalue weighted by molar-refractivity contribution is 5.33. The third kappa shape index (κ3) is 2.14. The molecule has 0 aliphatic carbocycles. The number of methoxy groups -OCH3 is 1. The normalized spacial score (nSPS) is 14.9. The Balaban J connectivity index is 3.18. The average molecular weight is 233 g/mol. The van der Waals surface area contributed by atoms with Crippen LogP contribution in [-0.2, 0) is 5.54 Å². The lowest BCUT2D eigenvalue weighted by Gasteiger charge is -2.29. The van der Waals surface area contributed by atoms with E-state index in [-0.39, 0.29) is 11.3 Å². The fourth-order valence-corrected chi connectivity index (χ4v) is 1.37. The molecule has 2 nitrogen and oxygen atoms in total. The monoisotopic (exact) mass is 233 g/mol. The van der Waals surface area contributed by atoms with Gasteiger partial charge in [-0.1, -0.05) is 6.07 Å². The van der Waals surface area contributed by atoms with E-state index in [0.717, 1.165) is 6.07 Å². The minimum absolute atomic E-state index is 0.0384. The molecule has 0 aliphatic heterocycles. The number of halogens is 3. The summed E-state index contributed by atoms with van der Waals surface area (Å²) < 4.78 is 43.8. The minimum atomic E-state index is -2.63. The second kappa shape index (κ2) is 4.74. The van der Waals surface area contributed by atoms with E-state index in [0.29, 0.717) is 0 Å². The summed E-state index contributed by atoms with van der Waals surface area (Å²) >= 11 is 0. The number of benzene rings is 1. The lowest BCUT2D eigenvalue weighted by Crippen LogP contribution is -2.43. The number of alkyl halides is 2. The first-order chi connectivity index (χ1) is 7.45. The van der Waals surface area contributed by atoms with Crippen LogP contribution in [0.15, 0.2) is 18.2 Å². The number of hydrogen-bond donors (Lipinski definition) is 1. The third-order valence-corrected chi connectivity index (χ3v) is 2.71. The zero-order valence-corrected chi connectivity index (χ0v) is 9.35. The predicted molar refractivity (Wildman–Crippen MR) is 55.4 cm³/mol. The first kappa shape index (κ1) is 12.8. The molecule has 0 saturated carbocycles. The van der Waals surface area contributed by atoms with Crippen LogP contribution >= 0.6 is 0 Å². The van der Waals surface area contributed by atoms with E-state index in [1.807, 2.05) is 0 Å². The molecule has 0 spiro atoms. The molecule has 1 rings (SSSR count). The number of nitrogens with one attached hydrogen (secondary N) is 1. The maximum atomic E-state index is 13.4. The quantitative estimate of drug-likeness (QED) is 0.862. The van der Waals surface area contributed by atoms with Gasteiger partial charge in [0, 0.05) is 0 Å². The Morgan fingerprint density at radius 2 is 2.00 bits per heavy atom. The molecule has 1 N–H and O–H groups in total. The fourth-order valence-electron chi connectivity index (χ4n) is 1.37. The molecular weight excluding hydrogens is 219 g/mol. The number of ether oxygens (including phenoxy) is 1. The van der Waals surface area contributed by atoms with Crippen LogP contribution in [0, 0.1) is 5.82 Å². The van der Waals surface area contributed by atoms with Crippen molar-refractivity contribution < 1.29 is 17.9 Å². The van der Waals surface area contributed by atoms with Crippen molar-refractivity contribution in [3.8, 4) is 5.75 Å². The molecule has 1 unspecified atom stereocenters. The highest BCUT2D eigenvalue weighted by Crippen LogP contribution is 2.30. The van der Waals surface area contributed by atoms with Gasteiger partial charge in [0.05, 0.1) is 7.11 Å². The number of hydrogen-bond acceptors (Lipinski definition) is 2. The van der Waals surface area contributed by atoms with Crippen LogP contribution in [0.2, 0.25) is 0 Å². The lowest BCUT2D eigenvalue weighted by molar-refractivity contribution is 0.0430. The molecule has 0 amide bonds. The first-order valence-electron chi connectivity index (χ1n) is 4.76. The van der Waals surface area contributed by atoms with Crippen molar-refractivity contribution in [1.29, 1.82) is 0 Å². The van der Waals surface area contributed by atoms with Crippen molar-refractivity contribution in [3.63, 3.8) is 0 Å². The molecule has 0 aliphatic rings. The zero-order chi connectivity index (χ0) is 12.3. The highest BCUT2D eigenvalue weighted by Gasteiger charge is 2.35. The molecule has 16 heavy (non-hydrogen) atoms. The van der Waals surface area contributed by atoms with Crippen LogP contribution in [0.4, 0.5) is 13.2 Å². The summed E-state index contributed by atoms with van der Waals surface area (Å²) in [6.07, 6.45) is -2.63. The van der Waals surface area contributed by atoms with E-state index in [9.17, 15) is 13.2 Å². The maximum absolute atomic E-state index is 13.4. The van der Waals surface area contributed by atoms with Gasteiger partial charge in [0.15, 0.2) is 11.6 Å². The smallest absolute Gasteiger partial charge is 0.260 e. The Kier molecular flexibility index (Phi) is 3.80. The van der Waals surface area contributed by atoms with E-state index in [2.05, 4.69) is 5.32 Å². The van der Waals surface area contributed by atoms with Gasteiger partial charge in [-0.05, 0) is 31.7 Å². The molecule has 1 aromatic rings. The second-order valence-corrected chi connectivity index (χ2v) is 3.60. The van der Waals surface area contributed by atoms with Gasteiger partial charge in [-0.3, -0.25) is 0 Å². The van der Waals surface area contributed by atoms with Gasteiger partial charge < -0.3 is 10.1 Å². The standard InChI is InChI=1S/C11H14F3NO/c1-11(15-2,10(13)14)7-4-5-9(16-3)8(12)6-7/h4-6,10,15H,1-3H3. The molecule has 1 atom stereocenters. The molecule has 1 aromatic carbocycles. The van der Waals surface area contributed by atoms with Gasteiger partial charge in [-0.15, -0.1) is 0 Å². The lowest BCUT2D eigenvalue weighted by atomic mass is 9.92. The fraction of sp³-hybridized carbons (Fsp3) is 0.455. The van der Waals surface area contributed by atoms with E-state index in [1.165, 1.54) is 33.2 Å². The van der Waals surface area contributed by atoms with Gasteiger partial charge in [-0.2, -0.15) is 0 Å². The Bertz CT molecular complexity index is 370. The third-order valence-electron chi connectivity index (χ3n) is 2.71. The van der Waals surface area contributed by atoms with Gasteiger partial charge in [-0.25, -0.2) is 13.2 Å². The Hall–Kier alpha value is -1.23. The van der Waals surface area contributed by atoms with Crippen LogP contribution in [0.3, 0.4) is 0 Å². The van der Waals surface area contributed by atoms with Gasteiger partial charge in [0.2, 0.25) is 0 Å². The van der Waals surface area contributed by atoms with Crippen molar-refractivity contribution in [2.24, 2.45) is 0 Å². The maximum Gasteiger partial charge on any atom is 0.260 e. The Morgan fingerprint density at radius 3 is 2.38 bits per heavy atom. The van der Waals surface area contributed by atoms with Crippen molar-refractivity contribution >= 4 is 0 Å².